The van der Waals surface area contributed by atoms with Gasteiger partial charge in [0.05, 0.1) is 23.3 Å². The van der Waals surface area contributed by atoms with Crippen LogP contribution >= 0.6 is 11.6 Å². The number of aliphatic hydroxyl groups is 1. The second-order valence-electron chi connectivity index (χ2n) is 8.29. The van der Waals surface area contributed by atoms with Gasteiger partial charge in [0.2, 0.25) is 0 Å². The Kier molecular flexibility index (Phi) is 6.85. The molecule has 0 atom stereocenters. The van der Waals surface area contributed by atoms with Crippen LogP contribution < -0.4 is 10.6 Å². The van der Waals surface area contributed by atoms with Gasteiger partial charge < -0.3 is 15.7 Å². The number of carbonyl (C=O) groups is 2. The number of hydrogen-bond acceptors (Lipinski definition) is 4. The first-order valence-electron chi connectivity index (χ1n) is 11.0. The van der Waals surface area contributed by atoms with Gasteiger partial charge in [-0.15, -0.1) is 0 Å². The first-order chi connectivity index (χ1) is 16.7. The third kappa shape index (κ3) is 5.34. The van der Waals surface area contributed by atoms with Gasteiger partial charge in [-0.3, -0.25) is 9.59 Å². The maximum atomic E-state index is 13.4. The number of anilines is 1. The standard InChI is InChI=1S/C28H24ClN3O3/c1-16-12-17(2)26-22(13-16)23(14-25(32-26)21-6-4-5-7-24(21)29)28(35)31-20-10-8-19(9-11-20)27(34)30-15-18(3)33/h4-14,33H,3,15H2,1-2H3,(H,30,34)(H,31,35). The molecule has 0 unspecified atom stereocenters. The molecule has 0 aliphatic heterocycles. The van der Waals surface area contributed by atoms with Crippen LogP contribution in [0.1, 0.15) is 31.8 Å². The Morgan fingerprint density at radius 3 is 2.40 bits per heavy atom. The molecule has 35 heavy (non-hydrogen) atoms. The van der Waals surface area contributed by atoms with Gasteiger partial charge in [-0.05, 0) is 61.9 Å². The topological polar surface area (TPSA) is 91.3 Å². The fraction of sp³-hybridized carbons (Fsp3) is 0.107. The summed E-state index contributed by atoms with van der Waals surface area (Å²) in [4.78, 5) is 30.4. The largest absolute Gasteiger partial charge is 0.511 e. The molecule has 3 aromatic carbocycles. The van der Waals surface area contributed by atoms with Crippen LogP contribution in [0.5, 0.6) is 0 Å². The molecule has 0 aliphatic carbocycles. The highest BCUT2D eigenvalue weighted by molar-refractivity contribution is 6.33. The molecule has 0 bridgehead atoms. The molecule has 6 nitrogen and oxygen atoms in total. The smallest absolute Gasteiger partial charge is 0.256 e. The quantitative estimate of drug-likeness (QED) is 0.282. The number of aliphatic hydroxyl groups excluding tert-OH is 1. The van der Waals surface area contributed by atoms with Crippen molar-refractivity contribution >= 4 is 40.0 Å². The zero-order chi connectivity index (χ0) is 25.1. The van der Waals surface area contributed by atoms with E-state index in [9.17, 15) is 9.59 Å². The number of amides is 2. The second-order valence-corrected chi connectivity index (χ2v) is 8.70. The summed E-state index contributed by atoms with van der Waals surface area (Å²) in [6.07, 6.45) is 0. The molecule has 7 heteroatoms. The van der Waals surface area contributed by atoms with Gasteiger partial charge in [-0.2, -0.15) is 0 Å². The van der Waals surface area contributed by atoms with E-state index in [4.69, 9.17) is 21.7 Å². The van der Waals surface area contributed by atoms with Crippen molar-refractivity contribution in [3.63, 3.8) is 0 Å². The predicted octanol–water partition coefficient (Wildman–Crippen LogP) is 6.23. The Morgan fingerprint density at radius 1 is 1.00 bits per heavy atom. The van der Waals surface area contributed by atoms with Crippen molar-refractivity contribution in [3.8, 4) is 11.3 Å². The number of rotatable bonds is 6. The van der Waals surface area contributed by atoms with Gasteiger partial charge in [0.1, 0.15) is 5.76 Å². The highest BCUT2D eigenvalue weighted by Crippen LogP contribution is 2.32. The minimum atomic E-state index is -0.353. The minimum Gasteiger partial charge on any atom is -0.511 e. The van der Waals surface area contributed by atoms with Gasteiger partial charge in [0, 0.05) is 27.2 Å². The third-order valence-electron chi connectivity index (χ3n) is 5.50. The monoisotopic (exact) mass is 485 g/mol. The van der Waals surface area contributed by atoms with E-state index in [1.165, 1.54) is 0 Å². The average molecular weight is 486 g/mol. The van der Waals surface area contributed by atoms with E-state index in [2.05, 4.69) is 17.2 Å². The first-order valence-corrected chi connectivity index (χ1v) is 11.3. The van der Waals surface area contributed by atoms with Crippen molar-refractivity contribution in [2.24, 2.45) is 0 Å². The maximum absolute atomic E-state index is 13.4. The van der Waals surface area contributed by atoms with Crippen LogP contribution in [0.25, 0.3) is 22.2 Å². The Bertz CT molecular complexity index is 1460. The molecule has 0 radical (unpaired) electrons. The lowest BCUT2D eigenvalue weighted by Crippen LogP contribution is -2.25. The Hall–Kier alpha value is -4.16. The van der Waals surface area contributed by atoms with E-state index < -0.39 is 0 Å². The Labute approximate surface area is 208 Å². The van der Waals surface area contributed by atoms with Gasteiger partial charge in [-0.25, -0.2) is 4.98 Å². The molecule has 0 saturated carbocycles. The lowest BCUT2D eigenvalue weighted by atomic mass is 9.99. The number of aromatic nitrogens is 1. The zero-order valence-electron chi connectivity index (χ0n) is 19.4. The van der Waals surface area contributed by atoms with Crippen molar-refractivity contribution in [2.75, 3.05) is 11.9 Å². The molecule has 1 aromatic heterocycles. The van der Waals surface area contributed by atoms with Crippen molar-refractivity contribution in [2.45, 2.75) is 13.8 Å². The summed E-state index contributed by atoms with van der Waals surface area (Å²) in [5.41, 5.74) is 5.47. The summed E-state index contributed by atoms with van der Waals surface area (Å²) in [7, 11) is 0. The van der Waals surface area contributed by atoms with Crippen LogP contribution in [0, 0.1) is 13.8 Å². The molecule has 0 saturated heterocycles. The van der Waals surface area contributed by atoms with Crippen LogP contribution in [0.2, 0.25) is 5.02 Å². The average Bonchev–Trinajstić information content (AvgIpc) is 2.82. The van der Waals surface area contributed by atoms with Crippen molar-refractivity contribution in [1.29, 1.82) is 0 Å². The lowest BCUT2D eigenvalue weighted by Gasteiger charge is -2.14. The number of nitrogens with one attached hydrogen (secondary N) is 2. The Morgan fingerprint density at radius 2 is 1.71 bits per heavy atom. The number of halogens is 1. The van der Waals surface area contributed by atoms with Crippen molar-refractivity contribution in [1.82, 2.24) is 10.3 Å². The van der Waals surface area contributed by atoms with Crippen molar-refractivity contribution in [3.05, 3.63) is 106 Å². The maximum Gasteiger partial charge on any atom is 0.256 e. The number of nitrogens with zero attached hydrogens (tertiary/aromatic N) is 1. The third-order valence-corrected chi connectivity index (χ3v) is 5.83. The van der Waals surface area contributed by atoms with E-state index in [1.54, 1.807) is 36.4 Å². The zero-order valence-corrected chi connectivity index (χ0v) is 20.1. The summed E-state index contributed by atoms with van der Waals surface area (Å²) in [6.45, 7) is 7.26. The SMILES string of the molecule is C=C(O)CNC(=O)c1ccc(NC(=O)c2cc(-c3ccccc3Cl)nc3c(C)cc(C)cc23)cc1. The number of aryl methyl sites for hydroxylation is 2. The van der Waals surface area contributed by atoms with Crippen LogP contribution in [-0.2, 0) is 0 Å². The summed E-state index contributed by atoms with van der Waals surface area (Å²) in [5.74, 6) is -0.786. The van der Waals surface area contributed by atoms with E-state index in [1.807, 2.05) is 44.2 Å². The number of carbonyl (C=O) groups excluding carboxylic acids is 2. The molecule has 176 valence electrons. The minimum absolute atomic E-state index is 0.0287. The Balaban J connectivity index is 1.69. The first kappa shape index (κ1) is 24.0. The summed E-state index contributed by atoms with van der Waals surface area (Å²) < 4.78 is 0. The fourth-order valence-electron chi connectivity index (χ4n) is 3.86. The molecule has 1 heterocycles. The van der Waals surface area contributed by atoms with Gasteiger partial charge in [0.15, 0.2) is 0 Å². The molecule has 4 rings (SSSR count). The molecule has 0 fully saturated rings. The van der Waals surface area contributed by atoms with Gasteiger partial charge in [-0.1, -0.05) is 48.0 Å². The van der Waals surface area contributed by atoms with E-state index in [0.29, 0.717) is 27.5 Å². The number of fused-ring (bicyclic) bond motifs is 1. The highest BCUT2D eigenvalue weighted by atomic mass is 35.5. The summed E-state index contributed by atoms with van der Waals surface area (Å²) >= 11 is 6.42. The molecule has 2 amide bonds. The van der Waals surface area contributed by atoms with Gasteiger partial charge in [0.25, 0.3) is 11.8 Å². The molecule has 4 aromatic rings. The second kappa shape index (κ2) is 9.99. The molecular formula is C28H24ClN3O3. The lowest BCUT2D eigenvalue weighted by molar-refractivity contribution is 0.0952. The van der Waals surface area contributed by atoms with Gasteiger partial charge >= 0.3 is 0 Å². The van der Waals surface area contributed by atoms with Crippen LogP contribution in [0.3, 0.4) is 0 Å². The molecule has 0 aliphatic rings. The normalized spacial score (nSPS) is 10.7. The predicted molar refractivity (Wildman–Crippen MR) is 140 cm³/mol. The van der Waals surface area contributed by atoms with E-state index >= 15 is 0 Å². The van der Waals surface area contributed by atoms with Crippen LogP contribution in [0.15, 0.2) is 79.1 Å². The van der Waals surface area contributed by atoms with E-state index in [-0.39, 0.29) is 24.1 Å². The number of pyridine rings is 1. The summed E-state index contributed by atoms with van der Waals surface area (Å²) in [5, 5.41) is 15.9. The molecular weight excluding hydrogens is 462 g/mol. The molecule has 3 N–H and O–H groups in total. The van der Waals surface area contributed by atoms with E-state index in [0.717, 1.165) is 27.6 Å². The van der Waals surface area contributed by atoms with Crippen molar-refractivity contribution < 1.29 is 14.7 Å². The van der Waals surface area contributed by atoms with Crippen LogP contribution in [-0.4, -0.2) is 28.4 Å². The fourth-order valence-corrected chi connectivity index (χ4v) is 4.10. The van der Waals surface area contributed by atoms with Crippen LogP contribution in [0.4, 0.5) is 5.69 Å². The highest BCUT2D eigenvalue weighted by Gasteiger charge is 2.17. The number of hydrogen-bond donors (Lipinski definition) is 3. The molecule has 0 spiro atoms. The summed E-state index contributed by atoms with van der Waals surface area (Å²) in [6, 6.07) is 19.6. The number of benzene rings is 3.